The molecule has 3 aliphatic rings. The molecule has 8 rings (SSSR count). The van der Waals surface area contributed by atoms with E-state index < -0.39 is 0 Å². The van der Waals surface area contributed by atoms with Crippen molar-refractivity contribution >= 4 is 73.2 Å². The molecular weight excluding hydrogens is 589 g/mol. The Labute approximate surface area is 264 Å². The molecule has 0 bridgehead atoms. The van der Waals surface area contributed by atoms with E-state index in [1.54, 1.807) is 0 Å². The number of para-hydroxylation sites is 1. The molecule has 2 aromatic heterocycles. The molecule has 0 amide bonds. The number of anilines is 2. The van der Waals surface area contributed by atoms with E-state index in [4.69, 9.17) is 0 Å². The van der Waals surface area contributed by atoms with Gasteiger partial charge in [0.2, 0.25) is 0 Å². The Kier molecular flexibility index (Phi) is 6.83. The van der Waals surface area contributed by atoms with E-state index >= 15 is 0 Å². The van der Waals surface area contributed by atoms with Crippen molar-refractivity contribution in [2.75, 3.05) is 22.9 Å². The summed E-state index contributed by atoms with van der Waals surface area (Å²) in [7, 11) is 0. The molecule has 42 heavy (non-hydrogen) atoms. The maximum Gasteiger partial charge on any atom is 0.0988 e. The van der Waals surface area contributed by atoms with Crippen LogP contribution >= 0.6 is 46.2 Å². The van der Waals surface area contributed by atoms with Gasteiger partial charge in [0, 0.05) is 49.8 Å². The van der Waals surface area contributed by atoms with E-state index in [0.717, 1.165) is 19.5 Å². The number of benzene rings is 3. The second kappa shape index (κ2) is 10.8. The van der Waals surface area contributed by atoms with E-state index in [9.17, 15) is 0 Å². The van der Waals surface area contributed by atoms with Crippen LogP contribution in [0.2, 0.25) is 0 Å². The summed E-state index contributed by atoms with van der Waals surface area (Å²) in [6.45, 7) is 6.47. The van der Waals surface area contributed by atoms with Gasteiger partial charge in [-0.2, -0.15) is 0 Å². The van der Waals surface area contributed by atoms with Gasteiger partial charge in [0.15, 0.2) is 0 Å². The summed E-state index contributed by atoms with van der Waals surface area (Å²) in [5.41, 5.74) is 9.45. The smallest absolute Gasteiger partial charge is 0.0988 e. The van der Waals surface area contributed by atoms with Gasteiger partial charge in [-0.3, -0.25) is 0 Å². The van der Waals surface area contributed by atoms with Crippen molar-refractivity contribution in [2.45, 2.75) is 35.4 Å². The second-order valence-corrected chi connectivity index (χ2v) is 14.8. The van der Waals surface area contributed by atoms with E-state index in [2.05, 4.69) is 125 Å². The molecule has 0 fully saturated rings. The molecule has 1 aliphatic carbocycles. The lowest BCUT2D eigenvalue weighted by Gasteiger charge is -2.25. The highest BCUT2D eigenvalue weighted by molar-refractivity contribution is 8.03. The number of thiophene rings is 2. The van der Waals surface area contributed by atoms with Crippen LogP contribution in [0, 0.1) is 0 Å². The molecule has 0 saturated heterocycles. The average Bonchev–Trinajstić information content (AvgIpc) is 3.80. The minimum Gasteiger partial charge on any atom is -0.355 e. The fraction of sp³-hybridized carbons (Fsp3) is 0.167. The van der Waals surface area contributed by atoms with E-state index in [-0.39, 0.29) is 0 Å². The van der Waals surface area contributed by atoms with Crippen molar-refractivity contribution in [3.63, 3.8) is 0 Å². The van der Waals surface area contributed by atoms with Gasteiger partial charge in [-0.1, -0.05) is 66.0 Å². The van der Waals surface area contributed by atoms with Crippen LogP contribution in [0.4, 0.5) is 11.4 Å². The highest BCUT2D eigenvalue weighted by atomic mass is 32.2. The maximum atomic E-state index is 2.57. The first-order valence-corrected chi connectivity index (χ1v) is 17.9. The molecule has 0 radical (unpaired) electrons. The second-order valence-electron chi connectivity index (χ2n) is 10.7. The Bertz CT molecular complexity index is 1920. The quantitative estimate of drug-likeness (QED) is 0.193. The monoisotopic (exact) mass is 618 g/mol. The fourth-order valence-corrected chi connectivity index (χ4v) is 10.7. The first kappa shape index (κ1) is 26.5. The minimum absolute atomic E-state index is 0.290. The van der Waals surface area contributed by atoms with Gasteiger partial charge >= 0.3 is 0 Å². The summed E-state index contributed by atoms with van der Waals surface area (Å²) in [6, 6.07) is 26.9. The lowest BCUT2D eigenvalue weighted by atomic mass is 9.93. The van der Waals surface area contributed by atoms with Crippen LogP contribution in [0.1, 0.15) is 24.3 Å². The highest BCUT2D eigenvalue weighted by Gasteiger charge is 2.30. The molecule has 0 N–H and O–H groups in total. The molecule has 2 aliphatic heterocycles. The Morgan fingerprint density at radius 3 is 2.64 bits per heavy atom. The molecule has 1 atom stereocenters. The first-order chi connectivity index (χ1) is 20.7. The standard InChI is InChI=1S/C36H30N2S4/c1-3-37-29-10-6-8-12-32(29)41-36(37)21-25-17-23(18-34-26(25)15-16-39-34)19-35-38(4-2)30-20-24(13-14-33(30)42-35)28-22-40-31-11-7-5-9-27(28)31/h5-17,19-22,35H,3-4,18H2,1-2H3. The summed E-state index contributed by atoms with van der Waals surface area (Å²) >= 11 is 7.59. The number of likely N-dealkylation sites (N-methyl/N-ethyl adjacent to an activating group) is 1. The summed E-state index contributed by atoms with van der Waals surface area (Å²) in [5, 5.41) is 7.52. The molecule has 208 valence electrons. The van der Waals surface area contributed by atoms with Crippen LogP contribution in [-0.4, -0.2) is 18.5 Å². The molecule has 0 spiro atoms. The third kappa shape index (κ3) is 4.47. The number of fused-ring (bicyclic) bond motifs is 4. The Morgan fingerprint density at radius 1 is 0.857 bits per heavy atom. The van der Waals surface area contributed by atoms with Crippen LogP contribution in [-0.2, 0) is 6.42 Å². The largest absolute Gasteiger partial charge is 0.355 e. The SMILES string of the molecule is CCN1C(=CC2=CC(=CC3Sc4ccc(-c5csc6ccccc56)cc4N3CC)Cc3sccc32)Sc2ccccc21. The molecule has 3 aromatic carbocycles. The van der Waals surface area contributed by atoms with Gasteiger partial charge in [0.25, 0.3) is 0 Å². The normalized spacial score (nSPS) is 19.5. The van der Waals surface area contributed by atoms with Crippen LogP contribution in [0.15, 0.2) is 122 Å². The van der Waals surface area contributed by atoms with Gasteiger partial charge in [0.05, 0.1) is 21.8 Å². The minimum atomic E-state index is 0.290. The summed E-state index contributed by atoms with van der Waals surface area (Å²) in [5.74, 6) is 0. The zero-order valence-electron chi connectivity index (χ0n) is 23.5. The van der Waals surface area contributed by atoms with Crippen molar-refractivity contribution in [3.8, 4) is 11.1 Å². The van der Waals surface area contributed by atoms with E-state index in [1.165, 1.54) is 69.0 Å². The summed E-state index contributed by atoms with van der Waals surface area (Å²) in [6.07, 6.45) is 8.38. The molecule has 4 heterocycles. The summed E-state index contributed by atoms with van der Waals surface area (Å²) in [4.78, 5) is 9.20. The van der Waals surface area contributed by atoms with Crippen molar-refractivity contribution in [1.29, 1.82) is 0 Å². The molecular formula is C36H30N2S4. The molecule has 6 heteroatoms. The zero-order valence-corrected chi connectivity index (χ0v) is 26.8. The van der Waals surface area contributed by atoms with E-state index in [1.807, 2.05) is 46.2 Å². The van der Waals surface area contributed by atoms with Crippen molar-refractivity contribution in [3.05, 3.63) is 123 Å². The topological polar surface area (TPSA) is 6.48 Å². The number of rotatable bonds is 5. The number of allylic oxidation sites excluding steroid dienone is 4. The van der Waals surface area contributed by atoms with Crippen LogP contribution in [0.25, 0.3) is 26.8 Å². The molecule has 5 aromatic rings. The van der Waals surface area contributed by atoms with Gasteiger partial charge in [-0.15, -0.1) is 22.7 Å². The molecule has 1 unspecified atom stereocenters. The van der Waals surface area contributed by atoms with Crippen LogP contribution in [0.5, 0.6) is 0 Å². The van der Waals surface area contributed by atoms with Gasteiger partial charge in [-0.05, 0) is 95.4 Å². The average molecular weight is 619 g/mol. The third-order valence-corrected chi connectivity index (χ3v) is 12.5. The summed E-state index contributed by atoms with van der Waals surface area (Å²) < 4.78 is 1.35. The van der Waals surface area contributed by atoms with E-state index in [0.29, 0.717) is 5.37 Å². The van der Waals surface area contributed by atoms with Crippen molar-refractivity contribution < 1.29 is 0 Å². The Balaban J connectivity index is 1.13. The van der Waals surface area contributed by atoms with Crippen LogP contribution in [0.3, 0.4) is 0 Å². The highest BCUT2D eigenvalue weighted by Crippen LogP contribution is 2.49. The zero-order chi connectivity index (χ0) is 28.2. The third-order valence-electron chi connectivity index (χ3n) is 8.31. The maximum absolute atomic E-state index is 2.57. The fourth-order valence-electron chi connectivity index (χ4n) is 6.29. The number of thioether (sulfide) groups is 2. The predicted octanol–water partition coefficient (Wildman–Crippen LogP) is 10.9. The van der Waals surface area contributed by atoms with Crippen molar-refractivity contribution in [1.82, 2.24) is 0 Å². The molecule has 2 nitrogen and oxygen atoms in total. The lowest BCUT2D eigenvalue weighted by Crippen LogP contribution is -2.27. The number of hydrogen-bond donors (Lipinski definition) is 0. The van der Waals surface area contributed by atoms with Crippen LogP contribution < -0.4 is 9.80 Å². The Hall–Kier alpha value is -3.16. The number of hydrogen-bond acceptors (Lipinski definition) is 6. The Morgan fingerprint density at radius 2 is 1.74 bits per heavy atom. The predicted molar refractivity (Wildman–Crippen MR) is 187 cm³/mol. The first-order valence-electron chi connectivity index (χ1n) is 14.5. The van der Waals surface area contributed by atoms with Gasteiger partial charge in [-0.25, -0.2) is 0 Å². The molecule has 0 saturated carbocycles. The lowest BCUT2D eigenvalue weighted by molar-refractivity contribution is 0.872. The van der Waals surface area contributed by atoms with Gasteiger partial charge in [0.1, 0.15) is 0 Å². The van der Waals surface area contributed by atoms with Crippen molar-refractivity contribution in [2.24, 2.45) is 0 Å². The number of nitrogens with zero attached hydrogens (tertiary/aromatic N) is 2. The van der Waals surface area contributed by atoms with Gasteiger partial charge < -0.3 is 9.80 Å².